The molecule has 158 valence electrons. The standard InChI is InChI=1S/C24H22N2O5/c1-29-18-10-7-16(8-11-18)19-15-17(9-12-21(19)30-2)25-23(27)13-14-26-20-5-3-4-6-22(20)31-24(26)28/h3-12,15H,13-14H2,1-2H3,(H,25,27). The molecule has 0 aliphatic heterocycles. The maximum absolute atomic E-state index is 12.5. The van der Waals surface area contributed by atoms with Crippen molar-refractivity contribution < 1.29 is 18.7 Å². The Kier molecular flexibility index (Phi) is 5.75. The molecule has 4 rings (SSSR count). The topological polar surface area (TPSA) is 82.7 Å². The first-order valence-corrected chi connectivity index (χ1v) is 9.79. The zero-order chi connectivity index (χ0) is 21.8. The average molecular weight is 418 g/mol. The van der Waals surface area contributed by atoms with E-state index in [-0.39, 0.29) is 18.9 Å². The Morgan fingerprint density at radius 1 is 1.00 bits per heavy atom. The second-order valence-corrected chi connectivity index (χ2v) is 6.93. The van der Waals surface area contributed by atoms with Gasteiger partial charge in [-0.25, -0.2) is 4.79 Å². The molecule has 0 unspecified atom stereocenters. The number of ether oxygens (including phenoxy) is 2. The molecule has 0 saturated carbocycles. The van der Waals surface area contributed by atoms with Gasteiger partial charge in [0.05, 0.1) is 19.7 Å². The van der Waals surface area contributed by atoms with Gasteiger partial charge < -0.3 is 19.2 Å². The third-order valence-electron chi connectivity index (χ3n) is 5.02. The number of amides is 1. The van der Waals surface area contributed by atoms with Crippen LogP contribution in [0.3, 0.4) is 0 Å². The van der Waals surface area contributed by atoms with Crippen LogP contribution in [-0.2, 0) is 11.3 Å². The van der Waals surface area contributed by atoms with Crippen LogP contribution >= 0.6 is 0 Å². The lowest BCUT2D eigenvalue weighted by molar-refractivity contribution is -0.116. The minimum Gasteiger partial charge on any atom is -0.497 e. The maximum atomic E-state index is 12.5. The van der Waals surface area contributed by atoms with Crippen LogP contribution < -0.4 is 20.5 Å². The first kappa shape index (κ1) is 20.3. The van der Waals surface area contributed by atoms with Crippen molar-refractivity contribution in [2.75, 3.05) is 19.5 Å². The molecular formula is C24H22N2O5. The summed E-state index contributed by atoms with van der Waals surface area (Å²) < 4.78 is 17.4. The van der Waals surface area contributed by atoms with Crippen molar-refractivity contribution in [1.29, 1.82) is 0 Å². The number of carbonyl (C=O) groups excluding carboxylic acids is 1. The Morgan fingerprint density at radius 2 is 1.77 bits per heavy atom. The second kappa shape index (κ2) is 8.79. The van der Waals surface area contributed by atoms with E-state index in [9.17, 15) is 9.59 Å². The molecule has 7 heteroatoms. The van der Waals surface area contributed by atoms with Gasteiger partial charge in [-0.3, -0.25) is 9.36 Å². The number of nitrogens with zero attached hydrogens (tertiary/aromatic N) is 1. The number of hydrogen-bond acceptors (Lipinski definition) is 5. The maximum Gasteiger partial charge on any atom is 0.419 e. The summed E-state index contributed by atoms with van der Waals surface area (Å²) in [6, 6.07) is 20.2. The van der Waals surface area contributed by atoms with Crippen LogP contribution in [0.4, 0.5) is 5.69 Å². The Bertz CT molecular complexity index is 1270. The molecule has 31 heavy (non-hydrogen) atoms. The fourth-order valence-corrected chi connectivity index (χ4v) is 3.44. The lowest BCUT2D eigenvalue weighted by Crippen LogP contribution is -2.19. The molecule has 0 radical (unpaired) electrons. The molecule has 0 saturated heterocycles. The number of nitrogens with one attached hydrogen (secondary N) is 1. The second-order valence-electron chi connectivity index (χ2n) is 6.93. The summed E-state index contributed by atoms with van der Waals surface area (Å²) >= 11 is 0. The average Bonchev–Trinajstić information content (AvgIpc) is 3.12. The van der Waals surface area contributed by atoms with Crippen molar-refractivity contribution in [3.05, 3.63) is 77.3 Å². The van der Waals surface area contributed by atoms with Crippen LogP contribution in [0.1, 0.15) is 6.42 Å². The fraction of sp³-hybridized carbons (Fsp3) is 0.167. The monoisotopic (exact) mass is 418 g/mol. The SMILES string of the molecule is COc1ccc(-c2cc(NC(=O)CCn3c(=O)oc4ccccc43)ccc2OC)cc1. The molecule has 1 N–H and O–H groups in total. The number of para-hydroxylation sites is 2. The molecule has 1 heterocycles. The summed E-state index contributed by atoms with van der Waals surface area (Å²) in [4.78, 5) is 24.6. The van der Waals surface area contributed by atoms with E-state index in [2.05, 4.69) is 5.32 Å². The number of anilines is 1. The fourth-order valence-electron chi connectivity index (χ4n) is 3.44. The quantitative estimate of drug-likeness (QED) is 0.484. The van der Waals surface area contributed by atoms with Gasteiger partial charge in [0.1, 0.15) is 11.5 Å². The van der Waals surface area contributed by atoms with Crippen molar-refractivity contribution in [3.63, 3.8) is 0 Å². The molecule has 4 aromatic rings. The van der Waals surface area contributed by atoms with Gasteiger partial charge in [-0.1, -0.05) is 24.3 Å². The van der Waals surface area contributed by atoms with Gasteiger partial charge in [-0.2, -0.15) is 0 Å². The summed E-state index contributed by atoms with van der Waals surface area (Å²) in [7, 11) is 3.22. The Balaban J connectivity index is 1.50. The number of benzene rings is 3. The van der Waals surface area contributed by atoms with Crippen LogP contribution in [0, 0.1) is 0 Å². The third-order valence-corrected chi connectivity index (χ3v) is 5.02. The number of fused-ring (bicyclic) bond motifs is 1. The van der Waals surface area contributed by atoms with E-state index < -0.39 is 5.76 Å². The normalized spacial score (nSPS) is 10.8. The number of methoxy groups -OCH3 is 2. The molecular weight excluding hydrogens is 396 g/mol. The molecule has 1 aromatic heterocycles. The van der Waals surface area contributed by atoms with E-state index in [0.717, 1.165) is 16.9 Å². The summed E-state index contributed by atoms with van der Waals surface area (Å²) in [6.45, 7) is 0.225. The third kappa shape index (κ3) is 4.30. The van der Waals surface area contributed by atoms with Gasteiger partial charge in [0.15, 0.2) is 5.58 Å². The van der Waals surface area contributed by atoms with Gasteiger partial charge in [-0.05, 0) is 48.0 Å². The van der Waals surface area contributed by atoms with E-state index in [1.54, 1.807) is 38.5 Å². The highest BCUT2D eigenvalue weighted by atomic mass is 16.5. The highest BCUT2D eigenvalue weighted by Gasteiger charge is 2.12. The van der Waals surface area contributed by atoms with Crippen molar-refractivity contribution in [1.82, 2.24) is 4.57 Å². The molecule has 0 aliphatic rings. The lowest BCUT2D eigenvalue weighted by Gasteiger charge is -2.12. The number of hydrogen-bond donors (Lipinski definition) is 1. The molecule has 1 amide bonds. The predicted molar refractivity (Wildman–Crippen MR) is 119 cm³/mol. The predicted octanol–water partition coefficient (Wildman–Crippen LogP) is 4.31. The lowest BCUT2D eigenvalue weighted by atomic mass is 10.0. The summed E-state index contributed by atoms with van der Waals surface area (Å²) in [5.74, 6) is 0.775. The zero-order valence-electron chi connectivity index (χ0n) is 17.3. The first-order valence-electron chi connectivity index (χ1n) is 9.79. The van der Waals surface area contributed by atoms with E-state index in [0.29, 0.717) is 22.5 Å². The van der Waals surface area contributed by atoms with Crippen molar-refractivity contribution in [2.45, 2.75) is 13.0 Å². The number of aryl methyl sites for hydroxylation is 1. The van der Waals surface area contributed by atoms with Crippen LogP contribution in [-0.4, -0.2) is 24.7 Å². The van der Waals surface area contributed by atoms with Gasteiger partial charge in [0.2, 0.25) is 5.91 Å². The molecule has 0 fully saturated rings. The summed E-state index contributed by atoms with van der Waals surface area (Å²) in [5.41, 5.74) is 3.60. The van der Waals surface area contributed by atoms with Gasteiger partial charge in [-0.15, -0.1) is 0 Å². The largest absolute Gasteiger partial charge is 0.497 e. The van der Waals surface area contributed by atoms with E-state index >= 15 is 0 Å². The Labute approximate surface area is 178 Å². The Hall–Kier alpha value is -4.00. The van der Waals surface area contributed by atoms with Gasteiger partial charge in [0.25, 0.3) is 0 Å². The van der Waals surface area contributed by atoms with Crippen LogP contribution in [0.5, 0.6) is 11.5 Å². The summed E-state index contributed by atoms with van der Waals surface area (Å²) in [6.07, 6.45) is 0.132. The van der Waals surface area contributed by atoms with Crippen LogP contribution in [0.2, 0.25) is 0 Å². The van der Waals surface area contributed by atoms with Crippen LogP contribution in [0.15, 0.2) is 75.9 Å². The van der Waals surface area contributed by atoms with E-state index in [1.165, 1.54) is 4.57 Å². The minimum absolute atomic E-state index is 0.132. The Morgan fingerprint density at radius 3 is 2.52 bits per heavy atom. The van der Waals surface area contributed by atoms with Gasteiger partial charge in [0, 0.05) is 24.2 Å². The number of aromatic nitrogens is 1. The van der Waals surface area contributed by atoms with E-state index in [4.69, 9.17) is 13.9 Å². The van der Waals surface area contributed by atoms with Crippen molar-refractivity contribution >= 4 is 22.7 Å². The smallest absolute Gasteiger partial charge is 0.419 e. The van der Waals surface area contributed by atoms with Crippen LogP contribution in [0.25, 0.3) is 22.2 Å². The van der Waals surface area contributed by atoms with Crippen molar-refractivity contribution in [3.8, 4) is 22.6 Å². The molecule has 0 spiro atoms. The number of carbonyl (C=O) groups is 1. The first-order chi connectivity index (χ1) is 15.1. The molecule has 0 atom stereocenters. The molecule has 0 bridgehead atoms. The number of rotatable bonds is 7. The highest BCUT2D eigenvalue weighted by molar-refractivity contribution is 5.92. The molecule has 7 nitrogen and oxygen atoms in total. The minimum atomic E-state index is -0.472. The molecule has 3 aromatic carbocycles. The zero-order valence-corrected chi connectivity index (χ0v) is 17.3. The molecule has 0 aliphatic carbocycles. The number of oxazole rings is 1. The van der Waals surface area contributed by atoms with E-state index in [1.807, 2.05) is 42.5 Å². The van der Waals surface area contributed by atoms with Gasteiger partial charge >= 0.3 is 5.76 Å². The summed E-state index contributed by atoms with van der Waals surface area (Å²) in [5, 5.41) is 2.89. The highest BCUT2D eigenvalue weighted by Crippen LogP contribution is 2.33. The van der Waals surface area contributed by atoms with Crippen molar-refractivity contribution in [2.24, 2.45) is 0 Å².